The maximum Gasteiger partial charge on any atom is 0.254 e. The summed E-state index contributed by atoms with van der Waals surface area (Å²) in [4.78, 5) is 12.0. The summed E-state index contributed by atoms with van der Waals surface area (Å²) in [5.74, 6) is -0.741. The summed E-state index contributed by atoms with van der Waals surface area (Å²) in [6, 6.07) is 4.80. The van der Waals surface area contributed by atoms with Gasteiger partial charge in [-0.05, 0) is 43.7 Å². The van der Waals surface area contributed by atoms with E-state index < -0.39 is 5.82 Å². The average Bonchev–Trinajstić information content (AvgIpc) is 2.61. The van der Waals surface area contributed by atoms with Gasteiger partial charge in [0.1, 0.15) is 5.82 Å². The highest BCUT2D eigenvalue weighted by atomic mass is 19.1. The maximum absolute atomic E-state index is 13.6. The highest BCUT2D eigenvalue weighted by molar-refractivity contribution is 5.94. The molecule has 0 saturated heterocycles. The summed E-state index contributed by atoms with van der Waals surface area (Å²) >= 11 is 0. The number of amides is 1. The lowest BCUT2D eigenvalue weighted by Crippen LogP contribution is -2.34. The molecule has 1 aromatic rings. The molecule has 0 spiro atoms. The molecule has 0 aliphatic heterocycles. The van der Waals surface area contributed by atoms with Crippen molar-refractivity contribution in [1.29, 1.82) is 0 Å². The highest BCUT2D eigenvalue weighted by Crippen LogP contribution is 2.37. The van der Waals surface area contributed by atoms with Gasteiger partial charge >= 0.3 is 0 Å². The van der Waals surface area contributed by atoms with Crippen LogP contribution in [0.25, 0.3) is 0 Å². The summed E-state index contributed by atoms with van der Waals surface area (Å²) in [5, 5.41) is 2.94. The number of halogens is 1. The Bertz CT molecular complexity index is 468. The first-order chi connectivity index (χ1) is 8.37. The molecule has 0 radical (unpaired) electrons. The first kappa shape index (κ1) is 13.1. The second kappa shape index (κ2) is 4.71. The zero-order valence-electron chi connectivity index (χ0n) is 11.2. The fraction of sp³-hybridized carbons (Fsp3) is 0.533. The van der Waals surface area contributed by atoms with E-state index in [-0.39, 0.29) is 22.9 Å². The van der Waals surface area contributed by atoms with E-state index >= 15 is 0 Å². The van der Waals surface area contributed by atoms with E-state index in [0.29, 0.717) is 0 Å². The number of benzene rings is 1. The third-order valence-corrected chi connectivity index (χ3v) is 3.67. The van der Waals surface area contributed by atoms with Gasteiger partial charge in [0.15, 0.2) is 0 Å². The van der Waals surface area contributed by atoms with Crippen molar-refractivity contribution >= 4 is 5.91 Å². The molecule has 1 atom stereocenters. The SMILES string of the molecule is Cc1ccc(F)c(C(=O)NC2CCC(C)(C)C2)c1. The Morgan fingerprint density at radius 1 is 1.44 bits per heavy atom. The van der Waals surface area contributed by atoms with Gasteiger partial charge in [0.05, 0.1) is 5.56 Å². The quantitative estimate of drug-likeness (QED) is 0.854. The van der Waals surface area contributed by atoms with Crippen LogP contribution in [0.1, 0.15) is 49.0 Å². The van der Waals surface area contributed by atoms with Crippen LogP contribution in [-0.2, 0) is 0 Å². The van der Waals surface area contributed by atoms with E-state index in [0.717, 1.165) is 24.8 Å². The molecule has 0 heterocycles. The second-order valence-electron chi connectivity index (χ2n) is 6.06. The number of carbonyl (C=O) groups excluding carboxylic acids is 1. The van der Waals surface area contributed by atoms with E-state index in [1.165, 1.54) is 6.07 Å². The van der Waals surface area contributed by atoms with Crippen molar-refractivity contribution in [3.05, 3.63) is 35.1 Å². The third kappa shape index (κ3) is 2.89. The van der Waals surface area contributed by atoms with Gasteiger partial charge in [0.2, 0.25) is 0 Å². The van der Waals surface area contributed by atoms with Crippen LogP contribution in [0.5, 0.6) is 0 Å². The molecule has 1 unspecified atom stereocenters. The number of rotatable bonds is 2. The predicted octanol–water partition coefficient (Wildman–Crippen LogP) is 3.44. The summed E-state index contributed by atoms with van der Waals surface area (Å²) in [7, 11) is 0. The van der Waals surface area contributed by atoms with Gasteiger partial charge in [0, 0.05) is 6.04 Å². The van der Waals surface area contributed by atoms with E-state index in [1.54, 1.807) is 12.1 Å². The van der Waals surface area contributed by atoms with Crippen LogP contribution in [0.2, 0.25) is 0 Å². The lowest BCUT2D eigenvalue weighted by molar-refractivity contribution is 0.0932. The molecule has 1 saturated carbocycles. The average molecular weight is 249 g/mol. The van der Waals surface area contributed by atoms with E-state index in [4.69, 9.17) is 0 Å². The van der Waals surface area contributed by atoms with E-state index in [1.807, 2.05) is 6.92 Å². The smallest absolute Gasteiger partial charge is 0.254 e. The fourth-order valence-corrected chi connectivity index (χ4v) is 2.64. The van der Waals surface area contributed by atoms with E-state index in [2.05, 4.69) is 19.2 Å². The van der Waals surface area contributed by atoms with Crippen molar-refractivity contribution in [3.63, 3.8) is 0 Å². The molecule has 1 aliphatic carbocycles. The number of aryl methyl sites for hydroxylation is 1. The van der Waals surface area contributed by atoms with Gasteiger partial charge in [-0.1, -0.05) is 25.5 Å². The second-order valence-corrected chi connectivity index (χ2v) is 6.06. The molecule has 1 fully saturated rings. The van der Waals surface area contributed by atoms with Crippen molar-refractivity contribution in [2.24, 2.45) is 5.41 Å². The van der Waals surface area contributed by atoms with Gasteiger partial charge < -0.3 is 5.32 Å². The lowest BCUT2D eigenvalue weighted by Gasteiger charge is -2.18. The predicted molar refractivity (Wildman–Crippen MR) is 70.0 cm³/mol. The molecule has 2 nitrogen and oxygen atoms in total. The Morgan fingerprint density at radius 3 is 2.78 bits per heavy atom. The Kier molecular flexibility index (Phi) is 3.42. The summed E-state index contributed by atoms with van der Waals surface area (Å²) in [6.45, 7) is 6.26. The molecule has 0 bridgehead atoms. The molecule has 0 aromatic heterocycles. The van der Waals surface area contributed by atoms with Crippen LogP contribution in [0, 0.1) is 18.2 Å². The Balaban J connectivity index is 2.06. The van der Waals surface area contributed by atoms with Crippen molar-refractivity contribution in [2.45, 2.75) is 46.1 Å². The van der Waals surface area contributed by atoms with Gasteiger partial charge in [-0.15, -0.1) is 0 Å². The minimum absolute atomic E-state index is 0.153. The van der Waals surface area contributed by atoms with Crippen molar-refractivity contribution in [3.8, 4) is 0 Å². The molecule has 98 valence electrons. The van der Waals surface area contributed by atoms with Crippen molar-refractivity contribution in [1.82, 2.24) is 5.32 Å². The fourth-order valence-electron chi connectivity index (χ4n) is 2.64. The molecule has 3 heteroatoms. The topological polar surface area (TPSA) is 29.1 Å². The number of nitrogens with one attached hydrogen (secondary N) is 1. The first-order valence-electron chi connectivity index (χ1n) is 6.44. The third-order valence-electron chi connectivity index (χ3n) is 3.67. The summed E-state index contributed by atoms with van der Waals surface area (Å²) in [6.07, 6.45) is 3.05. The van der Waals surface area contributed by atoms with Gasteiger partial charge in [-0.2, -0.15) is 0 Å². The molecule has 1 amide bonds. The van der Waals surface area contributed by atoms with Crippen LogP contribution < -0.4 is 5.32 Å². The van der Waals surface area contributed by atoms with Gasteiger partial charge in [0.25, 0.3) is 5.91 Å². The molecule has 2 rings (SSSR count). The zero-order chi connectivity index (χ0) is 13.3. The lowest BCUT2D eigenvalue weighted by atomic mass is 9.92. The Morgan fingerprint density at radius 2 is 2.17 bits per heavy atom. The molecule has 1 aliphatic rings. The van der Waals surface area contributed by atoms with Crippen LogP contribution in [0.15, 0.2) is 18.2 Å². The number of hydrogen-bond acceptors (Lipinski definition) is 1. The minimum atomic E-state index is -0.449. The minimum Gasteiger partial charge on any atom is -0.349 e. The molecular weight excluding hydrogens is 229 g/mol. The summed E-state index contributed by atoms with van der Waals surface area (Å²) in [5.41, 5.74) is 1.33. The van der Waals surface area contributed by atoms with E-state index in [9.17, 15) is 9.18 Å². The Labute approximate surface area is 108 Å². The van der Waals surface area contributed by atoms with Crippen LogP contribution in [-0.4, -0.2) is 11.9 Å². The monoisotopic (exact) mass is 249 g/mol. The normalized spacial score (nSPS) is 21.9. The number of carbonyl (C=O) groups is 1. The molecule has 1 N–H and O–H groups in total. The van der Waals surface area contributed by atoms with Crippen LogP contribution in [0.4, 0.5) is 4.39 Å². The molecular formula is C15H20FNO. The van der Waals surface area contributed by atoms with Crippen LogP contribution >= 0.6 is 0 Å². The highest BCUT2D eigenvalue weighted by Gasteiger charge is 2.32. The largest absolute Gasteiger partial charge is 0.349 e. The standard InChI is InChI=1S/C15H20FNO/c1-10-4-5-13(16)12(8-10)14(18)17-11-6-7-15(2,3)9-11/h4-5,8,11H,6-7,9H2,1-3H3,(H,17,18). The first-order valence-corrected chi connectivity index (χ1v) is 6.44. The van der Waals surface area contributed by atoms with Crippen molar-refractivity contribution in [2.75, 3.05) is 0 Å². The maximum atomic E-state index is 13.6. The summed E-state index contributed by atoms with van der Waals surface area (Å²) < 4.78 is 13.6. The zero-order valence-corrected chi connectivity index (χ0v) is 11.2. The number of hydrogen-bond donors (Lipinski definition) is 1. The van der Waals surface area contributed by atoms with Crippen LogP contribution in [0.3, 0.4) is 0 Å². The van der Waals surface area contributed by atoms with Crippen molar-refractivity contribution < 1.29 is 9.18 Å². The molecule has 18 heavy (non-hydrogen) atoms. The van der Waals surface area contributed by atoms with Gasteiger partial charge in [-0.3, -0.25) is 4.79 Å². The molecule has 1 aromatic carbocycles. The Hall–Kier alpha value is -1.38. The van der Waals surface area contributed by atoms with Gasteiger partial charge in [-0.25, -0.2) is 4.39 Å².